The summed E-state index contributed by atoms with van der Waals surface area (Å²) in [6, 6.07) is 5.84. The molecule has 3 heteroatoms. The molecule has 0 radical (unpaired) electrons. The Morgan fingerprint density at radius 2 is 2.21 bits per heavy atom. The molecule has 2 rings (SSSR count). The van der Waals surface area contributed by atoms with Crippen LogP contribution in [0.4, 0.5) is 0 Å². The molecule has 0 saturated heterocycles. The van der Waals surface area contributed by atoms with Crippen molar-refractivity contribution in [1.29, 1.82) is 0 Å². The molecule has 0 heterocycles. The summed E-state index contributed by atoms with van der Waals surface area (Å²) in [4.78, 5) is 12.4. The first-order chi connectivity index (χ1) is 9.10. The number of carbonyl (C=O) groups excluding carboxylic acids is 1. The summed E-state index contributed by atoms with van der Waals surface area (Å²) in [5.74, 6) is 2.10. The molecule has 1 aromatic rings. The Bertz CT molecular complexity index is 456. The molecule has 1 aliphatic rings. The van der Waals surface area contributed by atoms with Gasteiger partial charge in [0.1, 0.15) is 11.5 Å². The minimum Gasteiger partial charge on any atom is -0.496 e. The number of rotatable bonds is 4. The summed E-state index contributed by atoms with van der Waals surface area (Å²) in [6.07, 6.45) is 5.05. The molecule has 0 bridgehead atoms. The van der Waals surface area contributed by atoms with Crippen molar-refractivity contribution < 1.29 is 9.53 Å². The lowest BCUT2D eigenvalue weighted by Gasteiger charge is -2.25. The normalized spacial score (nSPS) is 23.1. The van der Waals surface area contributed by atoms with Crippen LogP contribution in [-0.2, 0) is 11.2 Å². The van der Waals surface area contributed by atoms with Crippen molar-refractivity contribution in [2.75, 3.05) is 7.11 Å². The maximum Gasteiger partial charge on any atom is 0.140 e. The van der Waals surface area contributed by atoms with E-state index in [1.807, 2.05) is 18.2 Å². The number of ketones is 1. The van der Waals surface area contributed by atoms with E-state index in [2.05, 4.69) is 22.9 Å². The van der Waals surface area contributed by atoms with E-state index in [0.29, 0.717) is 18.1 Å². The topological polar surface area (TPSA) is 26.3 Å². The summed E-state index contributed by atoms with van der Waals surface area (Å²) >= 11 is 3.45. The number of carbonyl (C=O) groups is 1. The largest absolute Gasteiger partial charge is 0.496 e. The first-order valence-corrected chi connectivity index (χ1v) is 7.74. The van der Waals surface area contributed by atoms with Gasteiger partial charge in [-0.25, -0.2) is 0 Å². The Hall–Kier alpha value is -0.830. The van der Waals surface area contributed by atoms with E-state index in [1.54, 1.807) is 7.11 Å². The van der Waals surface area contributed by atoms with Crippen molar-refractivity contribution in [2.45, 2.75) is 39.0 Å². The highest BCUT2D eigenvalue weighted by Gasteiger charge is 2.25. The Morgan fingerprint density at radius 3 is 2.89 bits per heavy atom. The van der Waals surface area contributed by atoms with E-state index in [-0.39, 0.29) is 5.92 Å². The summed E-state index contributed by atoms with van der Waals surface area (Å²) < 4.78 is 6.33. The first-order valence-electron chi connectivity index (χ1n) is 6.95. The van der Waals surface area contributed by atoms with Crippen LogP contribution in [0.3, 0.4) is 0 Å². The average molecular weight is 325 g/mol. The molecule has 0 aromatic heterocycles. The van der Waals surface area contributed by atoms with Crippen molar-refractivity contribution >= 4 is 21.7 Å². The minimum absolute atomic E-state index is 0.243. The molecule has 1 fully saturated rings. The van der Waals surface area contributed by atoms with E-state index in [1.165, 1.54) is 12.8 Å². The van der Waals surface area contributed by atoms with Gasteiger partial charge in [-0.2, -0.15) is 0 Å². The van der Waals surface area contributed by atoms with Gasteiger partial charge in [-0.15, -0.1) is 0 Å². The maximum absolute atomic E-state index is 12.4. The van der Waals surface area contributed by atoms with E-state index < -0.39 is 0 Å². The molecule has 2 nitrogen and oxygen atoms in total. The molecule has 2 atom stereocenters. The van der Waals surface area contributed by atoms with Crippen LogP contribution in [0.1, 0.15) is 38.2 Å². The third-order valence-corrected chi connectivity index (χ3v) is 4.49. The predicted molar refractivity (Wildman–Crippen MR) is 80.5 cm³/mol. The van der Waals surface area contributed by atoms with Gasteiger partial charge in [0.05, 0.1) is 7.11 Å². The summed E-state index contributed by atoms with van der Waals surface area (Å²) in [5.41, 5.74) is 0.986. The lowest BCUT2D eigenvalue weighted by Crippen LogP contribution is -2.23. The second-order valence-corrected chi connectivity index (χ2v) is 6.48. The van der Waals surface area contributed by atoms with E-state index in [4.69, 9.17) is 4.74 Å². The smallest absolute Gasteiger partial charge is 0.140 e. The minimum atomic E-state index is 0.243. The zero-order valence-corrected chi connectivity index (χ0v) is 13.2. The number of halogens is 1. The highest BCUT2D eigenvalue weighted by molar-refractivity contribution is 9.10. The number of methoxy groups -OCH3 is 1. The fourth-order valence-corrected chi connectivity index (χ4v) is 3.35. The maximum atomic E-state index is 12.4. The number of benzene rings is 1. The van der Waals surface area contributed by atoms with Crippen LogP contribution in [0.5, 0.6) is 5.75 Å². The lowest BCUT2D eigenvalue weighted by atomic mass is 9.79. The van der Waals surface area contributed by atoms with Crippen LogP contribution in [0.2, 0.25) is 0 Å². The Labute approximate surface area is 123 Å². The second-order valence-electron chi connectivity index (χ2n) is 5.57. The fourth-order valence-electron chi connectivity index (χ4n) is 2.94. The predicted octanol–water partition coefficient (Wildman–Crippen LogP) is 4.40. The van der Waals surface area contributed by atoms with Gasteiger partial charge in [0, 0.05) is 22.4 Å². The van der Waals surface area contributed by atoms with Crippen LogP contribution < -0.4 is 4.74 Å². The van der Waals surface area contributed by atoms with Gasteiger partial charge >= 0.3 is 0 Å². The molecule has 2 unspecified atom stereocenters. The van der Waals surface area contributed by atoms with Crippen LogP contribution in [0, 0.1) is 11.8 Å². The van der Waals surface area contributed by atoms with Crippen LogP contribution >= 0.6 is 15.9 Å². The highest BCUT2D eigenvalue weighted by Crippen LogP contribution is 2.31. The number of ether oxygens (including phenoxy) is 1. The Morgan fingerprint density at radius 1 is 1.42 bits per heavy atom. The zero-order valence-electron chi connectivity index (χ0n) is 11.6. The molecule has 1 aromatic carbocycles. The van der Waals surface area contributed by atoms with E-state index >= 15 is 0 Å². The average Bonchev–Trinajstić information content (AvgIpc) is 2.39. The molecule has 19 heavy (non-hydrogen) atoms. The molecule has 0 amide bonds. The monoisotopic (exact) mass is 324 g/mol. The SMILES string of the molecule is COc1ccc(Br)cc1CC(=O)C1CCCC(C)C1. The third-order valence-electron chi connectivity index (χ3n) is 4.00. The second kappa shape index (κ2) is 6.56. The van der Waals surface area contributed by atoms with Crippen molar-refractivity contribution in [1.82, 2.24) is 0 Å². The number of hydrogen-bond donors (Lipinski definition) is 0. The highest BCUT2D eigenvalue weighted by atomic mass is 79.9. The molecule has 1 saturated carbocycles. The lowest BCUT2D eigenvalue weighted by molar-refractivity contribution is -0.123. The van der Waals surface area contributed by atoms with Gasteiger partial charge in [0.2, 0.25) is 0 Å². The van der Waals surface area contributed by atoms with Crippen molar-refractivity contribution in [3.05, 3.63) is 28.2 Å². The molecule has 0 aliphatic heterocycles. The third kappa shape index (κ3) is 3.82. The number of hydrogen-bond acceptors (Lipinski definition) is 2. The van der Waals surface area contributed by atoms with Gasteiger partial charge in [0.25, 0.3) is 0 Å². The van der Waals surface area contributed by atoms with E-state index in [9.17, 15) is 4.79 Å². The quantitative estimate of drug-likeness (QED) is 0.820. The summed E-state index contributed by atoms with van der Waals surface area (Å²) in [5, 5.41) is 0. The summed E-state index contributed by atoms with van der Waals surface area (Å²) in [7, 11) is 1.65. The molecule has 0 N–H and O–H groups in total. The zero-order chi connectivity index (χ0) is 13.8. The van der Waals surface area contributed by atoms with Crippen LogP contribution in [-0.4, -0.2) is 12.9 Å². The van der Waals surface area contributed by atoms with Gasteiger partial charge < -0.3 is 4.74 Å². The molecule has 0 spiro atoms. The summed E-state index contributed by atoms with van der Waals surface area (Å²) in [6.45, 7) is 2.25. The molecule has 104 valence electrons. The molecular formula is C16H21BrO2. The fraction of sp³-hybridized carbons (Fsp3) is 0.562. The van der Waals surface area contributed by atoms with E-state index in [0.717, 1.165) is 28.6 Å². The van der Waals surface area contributed by atoms with Crippen LogP contribution in [0.15, 0.2) is 22.7 Å². The Balaban J connectivity index is 2.07. The Kier molecular flexibility index (Phi) is 5.03. The van der Waals surface area contributed by atoms with Crippen LogP contribution in [0.25, 0.3) is 0 Å². The number of Topliss-reactive ketones (excluding diaryl/α,β-unsaturated/α-hetero) is 1. The van der Waals surface area contributed by atoms with Crippen molar-refractivity contribution in [2.24, 2.45) is 11.8 Å². The first kappa shape index (κ1) is 14.6. The molecule has 1 aliphatic carbocycles. The molecular weight excluding hydrogens is 304 g/mol. The standard InChI is InChI=1S/C16H21BrO2/c1-11-4-3-5-12(8-11)15(18)10-13-9-14(17)6-7-16(13)19-2/h6-7,9,11-12H,3-5,8,10H2,1-2H3. The van der Waals surface area contributed by atoms with Crippen molar-refractivity contribution in [3.63, 3.8) is 0 Å². The van der Waals surface area contributed by atoms with Gasteiger partial charge in [0.15, 0.2) is 0 Å². The van der Waals surface area contributed by atoms with Gasteiger partial charge in [-0.05, 0) is 37.0 Å². The van der Waals surface area contributed by atoms with Crippen molar-refractivity contribution in [3.8, 4) is 5.75 Å². The van der Waals surface area contributed by atoms with Gasteiger partial charge in [-0.1, -0.05) is 35.7 Å². The van der Waals surface area contributed by atoms with Gasteiger partial charge in [-0.3, -0.25) is 4.79 Å².